The summed E-state index contributed by atoms with van der Waals surface area (Å²) in [4.78, 5) is 24.4. The van der Waals surface area contributed by atoms with Crippen LogP contribution < -0.4 is 5.73 Å². The van der Waals surface area contributed by atoms with E-state index in [1.807, 2.05) is 7.05 Å². The van der Waals surface area contributed by atoms with E-state index in [-0.39, 0.29) is 17.2 Å². The van der Waals surface area contributed by atoms with E-state index in [1.54, 1.807) is 4.90 Å². The lowest BCUT2D eigenvalue weighted by Gasteiger charge is -2.30. The van der Waals surface area contributed by atoms with Crippen LogP contribution in [0.2, 0.25) is 0 Å². The van der Waals surface area contributed by atoms with Crippen molar-refractivity contribution in [1.82, 2.24) is 4.90 Å². The minimum Gasteiger partial charge on any atom is -0.370 e. The largest absolute Gasteiger partial charge is 0.370 e. The van der Waals surface area contributed by atoms with Crippen LogP contribution in [-0.4, -0.2) is 30.3 Å². The Morgan fingerprint density at radius 3 is 2.22 bits per heavy atom. The van der Waals surface area contributed by atoms with Crippen LogP contribution in [0.3, 0.4) is 0 Å². The fourth-order valence-corrected chi connectivity index (χ4v) is 1.87. The first-order valence-electron chi connectivity index (χ1n) is 6.66. The number of carbonyl (C=O) groups excluding carboxylic acids is 2. The van der Waals surface area contributed by atoms with E-state index in [9.17, 15) is 9.59 Å². The van der Waals surface area contributed by atoms with Gasteiger partial charge >= 0.3 is 0 Å². The highest BCUT2D eigenvalue weighted by Crippen LogP contribution is 2.23. The molecular formula is C14H28N2O2. The van der Waals surface area contributed by atoms with Crippen molar-refractivity contribution in [3.63, 3.8) is 0 Å². The van der Waals surface area contributed by atoms with Crippen molar-refractivity contribution in [1.29, 1.82) is 0 Å². The second-order valence-corrected chi connectivity index (χ2v) is 6.31. The molecule has 0 rings (SSSR count). The first kappa shape index (κ1) is 16.9. The molecule has 0 unspecified atom stereocenters. The van der Waals surface area contributed by atoms with E-state index in [1.165, 1.54) is 0 Å². The summed E-state index contributed by atoms with van der Waals surface area (Å²) in [5.41, 5.74) is 5.08. The van der Waals surface area contributed by atoms with E-state index in [2.05, 4.69) is 27.7 Å². The van der Waals surface area contributed by atoms with Gasteiger partial charge in [0.2, 0.25) is 11.8 Å². The van der Waals surface area contributed by atoms with E-state index < -0.39 is 0 Å². The Labute approximate surface area is 111 Å². The maximum Gasteiger partial charge on any atom is 0.222 e. The number of carbonyl (C=O) groups is 2. The highest BCUT2D eigenvalue weighted by atomic mass is 16.2. The van der Waals surface area contributed by atoms with Gasteiger partial charge in [-0.15, -0.1) is 0 Å². The first-order valence-corrected chi connectivity index (χ1v) is 6.66. The lowest BCUT2D eigenvalue weighted by Crippen LogP contribution is -2.36. The average Bonchev–Trinajstić information content (AvgIpc) is 2.22. The zero-order valence-corrected chi connectivity index (χ0v) is 12.5. The predicted molar refractivity (Wildman–Crippen MR) is 73.9 cm³/mol. The molecule has 0 bridgehead atoms. The van der Waals surface area contributed by atoms with E-state index >= 15 is 0 Å². The summed E-state index contributed by atoms with van der Waals surface area (Å²) in [6.45, 7) is 9.01. The first-order chi connectivity index (χ1) is 8.14. The van der Waals surface area contributed by atoms with Gasteiger partial charge in [-0.1, -0.05) is 27.7 Å². The predicted octanol–water partition coefficient (Wildman–Crippen LogP) is 2.17. The van der Waals surface area contributed by atoms with Crippen LogP contribution in [0.15, 0.2) is 0 Å². The van der Waals surface area contributed by atoms with Crippen molar-refractivity contribution < 1.29 is 9.59 Å². The molecule has 2 N–H and O–H groups in total. The van der Waals surface area contributed by atoms with Gasteiger partial charge in [-0.05, 0) is 24.2 Å². The minimum absolute atomic E-state index is 0.0722. The summed E-state index contributed by atoms with van der Waals surface area (Å²) < 4.78 is 0. The van der Waals surface area contributed by atoms with E-state index in [0.717, 1.165) is 6.42 Å². The number of amides is 2. The molecule has 0 atom stereocenters. The Morgan fingerprint density at radius 2 is 1.78 bits per heavy atom. The third-order valence-electron chi connectivity index (χ3n) is 3.07. The van der Waals surface area contributed by atoms with Crippen LogP contribution >= 0.6 is 0 Å². The number of hydrogen-bond donors (Lipinski definition) is 1. The molecule has 0 heterocycles. The third-order valence-corrected chi connectivity index (χ3v) is 3.07. The highest BCUT2D eigenvalue weighted by Gasteiger charge is 2.23. The Morgan fingerprint density at radius 1 is 1.22 bits per heavy atom. The van der Waals surface area contributed by atoms with Crippen LogP contribution in [0, 0.1) is 11.3 Å². The number of primary amides is 1. The zero-order chi connectivity index (χ0) is 14.3. The van der Waals surface area contributed by atoms with Crippen LogP contribution in [0.25, 0.3) is 0 Å². The van der Waals surface area contributed by atoms with Gasteiger partial charge in [0.25, 0.3) is 0 Å². The Balaban J connectivity index is 4.14. The van der Waals surface area contributed by atoms with E-state index in [0.29, 0.717) is 31.7 Å². The molecule has 0 aromatic carbocycles. The number of nitrogens with two attached hydrogens (primary N) is 1. The van der Waals surface area contributed by atoms with Gasteiger partial charge in [0.05, 0.1) is 0 Å². The number of rotatable bonds is 8. The van der Waals surface area contributed by atoms with Crippen molar-refractivity contribution in [2.24, 2.45) is 17.1 Å². The standard InChI is InChI=1S/C14H28N2O2/c1-11(2)6-7-13(18)16(5)10-14(3,4)9-8-12(15)17/h11H,6-10H2,1-5H3,(H2,15,17). The number of hydrogen-bond acceptors (Lipinski definition) is 2. The normalized spacial score (nSPS) is 11.7. The van der Waals surface area contributed by atoms with Gasteiger partial charge in [0.1, 0.15) is 0 Å². The Bertz CT molecular complexity index is 286. The van der Waals surface area contributed by atoms with Crippen LogP contribution in [0.1, 0.15) is 53.4 Å². The van der Waals surface area contributed by atoms with Gasteiger partial charge < -0.3 is 10.6 Å². The molecule has 0 radical (unpaired) electrons. The van der Waals surface area contributed by atoms with Crippen molar-refractivity contribution in [2.45, 2.75) is 53.4 Å². The molecule has 0 aromatic rings. The van der Waals surface area contributed by atoms with Gasteiger partial charge in [-0.3, -0.25) is 9.59 Å². The minimum atomic E-state index is -0.281. The molecule has 0 fully saturated rings. The molecule has 2 amide bonds. The van der Waals surface area contributed by atoms with Crippen molar-refractivity contribution in [3.05, 3.63) is 0 Å². The molecule has 106 valence electrons. The quantitative estimate of drug-likeness (QED) is 0.723. The summed E-state index contributed by atoms with van der Waals surface area (Å²) >= 11 is 0. The number of nitrogens with zero attached hydrogens (tertiary/aromatic N) is 1. The SMILES string of the molecule is CC(C)CCC(=O)N(C)CC(C)(C)CCC(N)=O. The van der Waals surface area contributed by atoms with Gasteiger partial charge in [-0.25, -0.2) is 0 Å². The second kappa shape index (κ2) is 7.39. The monoisotopic (exact) mass is 256 g/mol. The summed E-state index contributed by atoms with van der Waals surface area (Å²) in [6.07, 6.45) is 2.61. The topological polar surface area (TPSA) is 63.4 Å². The Hall–Kier alpha value is -1.06. The average molecular weight is 256 g/mol. The summed E-state index contributed by atoms with van der Waals surface area (Å²) in [7, 11) is 1.83. The van der Waals surface area contributed by atoms with Crippen LogP contribution in [0.4, 0.5) is 0 Å². The van der Waals surface area contributed by atoms with Crippen LogP contribution in [-0.2, 0) is 9.59 Å². The molecule has 0 spiro atoms. The summed E-state index contributed by atoms with van der Waals surface area (Å²) in [6, 6.07) is 0. The molecular weight excluding hydrogens is 228 g/mol. The molecule has 0 saturated heterocycles. The lowest BCUT2D eigenvalue weighted by molar-refractivity contribution is -0.131. The molecule has 18 heavy (non-hydrogen) atoms. The van der Waals surface area contributed by atoms with E-state index in [4.69, 9.17) is 5.73 Å². The summed E-state index contributed by atoms with van der Waals surface area (Å²) in [5.74, 6) is 0.443. The fourth-order valence-electron chi connectivity index (χ4n) is 1.87. The maximum atomic E-state index is 11.9. The highest BCUT2D eigenvalue weighted by molar-refractivity contribution is 5.76. The maximum absolute atomic E-state index is 11.9. The van der Waals surface area contributed by atoms with Crippen molar-refractivity contribution >= 4 is 11.8 Å². The molecule has 0 saturated carbocycles. The smallest absolute Gasteiger partial charge is 0.222 e. The van der Waals surface area contributed by atoms with Gasteiger partial charge in [-0.2, -0.15) is 0 Å². The molecule has 0 aromatic heterocycles. The zero-order valence-electron chi connectivity index (χ0n) is 12.5. The lowest BCUT2D eigenvalue weighted by atomic mass is 9.87. The molecule has 0 aliphatic carbocycles. The third kappa shape index (κ3) is 8.09. The molecule has 0 aliphatic heterocycles. The van der Waals surface area contributed by atoms with Gasteiger partial charge in [0, 0.05) is 26.4 Å². The fraction of sp³-hybridized carbons (Fsp3) is 0.857. The molecule has 4 heteroatoms. The van der Waals surface area contributed by atoms with Crippen molar-refractivity contribution in [2.75, 3.05) is 13.6 Å². The summed E-state index contributed by atoms with van der Waals surface area (Å²) in [5, 5.41) is 0. The van der Waals surface area contributed by atoms with Crippen LogP contribution in [0.5, 0.6) is 0 Å². The molecule has 4 nitrogen and oxygen atoms in total. The molecule has 0 aliphatic rings. The Kier molecular flexibility index (Phi) is 6.96. The second-order valence-electron chi connectivity index (χ2n) is 6.31. The van der Waals surface area contributed by atoms with Crippen molar-refractivity contribution in [3.8, 4) is 0 Å². The van der Waals surface area contributed by atoms with Gasteiger partial charge in [0.15, 0.2) is 0 Å².